The summed E-state index contributed by atoms with van der Waals surface area (Å²) in [5.41, 5.74) is 0.580. The molecule has 0 unspecified atom stereocenters. The summed E-state index contributed by atoms with van der Waals surface area (Å²) in [6.45, 7) is 4.61. The van der Waals surface area contributed by atoms with Gasteiger partial charge in [-0.05, 0) is 5.56 Å². The van der Waals surface area contributed by atoms with Gasteiger partial charge in [0, 0.05) is 34.8 Å². The summed E-state index contributed by atoms with van der Waals surface area (Å²) in [5.74, 6) is -2.42. The van der Waals surface area contributed by atoms with E-state index in [4.69, 9.17) is 28.4 Å². The molecule has 1 heterocycles. The maximum atomic E-state index is 11.9. The molecule has 1 aliphatic heterocycles. The SMILES string of the molecule is CO[C@H]1[C@H](OC(C)=O)[C@@H]([C@H](OC(C)=O)c2ccccc2)O[C@H](COC(C)=O)[C@H]1OC(C)=O. The van der Waals surface area contributed by atoms with Gasteiger partial charge in [-0.1, -0.05) is 30.3 Å². The molecule has 10 nitrogen and oxygen atoms in total. The molecule has 1 fully saturated rings. The average Bonchev–Trinajstić information content (AvgIpc) is 2.71. The van der Waals surface area contributed by atoms with Crippen LogP contribution in [-0.4, -0.2) is 68.1 Å². The predicted octanol–water partition coefficient (Wildman–Crippen LogP) is 1.50. The first-order valence-corrected chi connectivity index (χ1v) is 10.0. The number of esters is 4. The van der Waals surface area contributed by atoms with Crippen molar-refractivity contribution in [2.45, 2.75) is 64.3 Å². The number of hydrogen-bond acceptors (Lipinski definition) is 10. The van der Waals surface area contributed by atoms with E-state index in [9.17, 15) is 19.2 Å². The number of rotatable bonds is 8. The minimum absolute atomic E-state index is 0.266. The second-order valence-electron chi connectivity index (χ2n) is 7.23. The Morgan fingerprint density at radius 1 is 0.844 bits per heavy atom. The third-order valence-electron chi connectivity index (χ3n) is 4.72. The molecule has 6 atom stereocenters. The van der Waals surface area contributed by atoms with Crippen LogP contribution in [0.5, 0.6) is 0 Å². The van der Waals surface area contributed by atoms with Crippen LogP contribution in [0.25, 0.3) is 0 Å². The van der Waals surface area contributed by atoms with E-state index in [-0.39, 0.29) is 6.61 Å². The van der Waals surface area contributed by atoms with Gasteiger partial charge in [0.05, 0.1) is 0 Å². The van der Waals surface area contributed by atoms with Gasteiger partial charge in [-0.3, -0.25) is 19.2 Å². The molecule has 0 N–H and O–H groups in total. The minimum atomic E-state index is -1.11. The van der Waals surface area contributed by atoms with Crippen molar-refractivity contribution >= 4 is 23.9 Å². The Kier molecular flexibility index (Phi) is 9.15. The Bertz CT molecular complexity index is 808. The van der Waals surface area contributed by atoms with E-state index in [1.165, 1.54) is 34.8 Å². The zero-order chi connectivity index (χ0) is 23.8. The van der Waals surface area contributed by atoms with Crippen LogP contribution in [0.1, 0.15) is 39.4 Å². The number of carbonyl (C=O) groups is 4. The number of ether oxygens (including phenoxy) is 6. The molecule has 1 saturated heterocycles. The molecule has 10 heteroatoms. The van der Waals surface area contributed by atoms with E-state index in [1.54, 1.807) is 30.3 Å². The number of carbonyl (C=O) groups excluding carboxylic acids is 4. The Balaban J connectivity index is 2.54. The molecule has 0 amide bonds. The zero-order valence-electron chi connectivity index (χ0n) is 18.6. The fraction of sp³-hybridized carbons (Fsp3) is 0.545. The van der Waals surface area contributed by atoms with E-state index in [1.807, 2.05) is 0 Å². The molecule has 0 aliphatic carbocycles. The van der Waals surface area contributed by atoms with Gasteiger partial charge < -0.3 is 28.4 Å². The molecular weight excluding hydrogens is 424 g/mol. The van der Waals surface area contributed by atoms with Crippen LogP contribution in [-0.2, 0) is 47.6 Å². The van der Waals surface area contributed by atoms with Gasteiger partial charge in [0.1, 0.15) is 24.9 Å². The van der Waals surface area contributed by atoms with Gasteiger partial charge in [-0.25, -0.2) is 0 Å². The maximum absolute atomic E-state index is 11.9. The van der Waals surface area contributed by atoms with Crippen molar-refractivity contribution in [1.29, 1.82) is 0 Å². The smallest absolute Gasteiger partial charge is 0.303 e. The van der Waals surface area contributed by atoms with Crippen molar-refractivity contribution in [3.63, 3.8) is 0 Å². The van der Waals surface area contributed by atoms with Crippen molar-refractivity contribution in [3.8, 4) is 0 Å². The molecule has 2 rings (SSSR count). The van der Waals surface area contributed by atoms with Gasteiger partial charge in [0.25, 0.3) is 0 Å². The minimum Gasteiger partial charge on any atom is -0.463 e. The molecule has 0 bridgehead atoms. The summed E-state index contributed by atoms with van der Waals surface area (Å²) in [6, 6.07) is 8.74. The highest BCUT2D eigenvalue weighted by Crippen LogP contribution is 2.36. The van der Waals surface area contributed by atoms with Crippen molar-refractivity contribution in [2.75, 3.05) is 13.7 Å². The first-order chi connectivity index (χ1) is 15.1. The van der Waals surface area contributed by atoms with Crippen molar-refractivity contribution < 1.29 is 47.6 Å². The van der Waals surface area contributed by atoms with E-state index in [0.717, 1.165) is 0 Å². The van der Waals surface area contributed by atoms with Crippen LogP contribution >= 0.6 is 0 Å². The highest BCUT2D eigenvalue weighted by atomic mass is 16.7. The zero-order valence-corrected chi connectivity index (χ0v) is 18.6. The fourth-order valence-electron chi connectivity index (χ4n) is 3.59. The summed E-state index contributed by atoms with van der Waals surface area (Å²) < 4.78 is 33.2. The highest BCUT2D eigenvalue weighted by molar-refractivity contribution is 5.68. The monoisotopic (exact) mass is 452 g/mol. The first kappa shape index (κ1) is 25.3. The predicted molar refractivity (Wildman–Crippen MR) is 108 cm³/mol. The summed E-state index contributed by atoms with van der Waals surface area (Å²) in [5, 5.41) is 0. The van der Waals surface area contributed by atoms with Crippen molar-refractivity contribution in [3.05, 3.63) is 35.9 Å². The van der Waals surface area contributed by atoms with Gasteiger partial charge >= 0.3 is 23.9 Å². The van der Waals surface area contributed by atoms with Gasteiger partial charge in [-0.15, -0.1) is 0 Å². The van der Waals surface area contributed by atoms with E-state index in [0.29, 0.717) is 5.56 Å². The molecule has 176 valence electrons. The molecule has 0 aromatic heterocycles. The quantitative estimate of drug-likeness (QED) is 0.423. The first-order valence-electron chi connectivity index (χ1n) is 10.0. The fourth-order valence-corrected chi connectivity index (χ4v) is 3.59. The molecule has 1 aliphatic rings. The molecule has 0 spiro atoms. The van der Waals surface area contributed by atoms with Crippen LogP contribution < -0.4 is 0 Å². The Hall–Kier alpha value is -2.98. The molecule has 0 radical (unpaired) electrons. The van der Waals surface area contributed by atoms with E-state index >= 15 is 0 Å². The summed E-state index contributed by atoms with van der Waals surface area (Å²) in [7, 11) is 1.35. The molecule has 1 aromatic rings. The van der Waals surface area contributed by atoms with Crippen LogP contribution in [0, 0.1) is 0 Å². The maximum Gasteiger partial charge on any atom is 0.303 e. The van der Waals surface area contributed by atoms with Crippen LogP contribution in [0.3, 0.4) is 0 Å². The second-order valence-corrected chi connectivity index (χ2v) is 7.23. The lowest BCUT2D eigenvalue weighted by Crippen LogP contribution is -2.63. The molecular formula is C22H28O10. The largest absolute Gasteiger partial charge is 0.463 e. The topological polar surface area (TPSA) is 124 Å². The standard InChI is InChI=1S/C22H28O10/c1-12(23)28-11-17-19(30-14(3)25)20(27-5)22(31-15(4)26)21(32-17)18(29-13(2)24)16-9-7-6-8-10-16/h6-10,17-22H,11H2,1-5H3/t17-,18-,19-,20-,21-,22+/m1/s1. The number of hydrogen-bond donors (Lipinski definition) is 0. The lowest BCUT2D eigenvalue weighted by molar-refractivity contribution is -0.268. The van der Waals surface area contributed by atoms with Gasteiger partial charge in [0.15, 0.2) is 18.3 Å². The molecule has 0 saturated carbocycles. The number of benzene rings is 1. The highest BCUT2D eigenvalue weighted by Gasteiger charge is 2.53. The Morgan fingerprint density at radius 2 is 1.44 bits per heavy atom. The van der Waals surface area contributed by atoms with Gasteiger partial charge in [-0.2, -0.15) is 0 Å². The van der Waals surface area contributed by atoms with Gasteiger partial charge in [0.2, 0.25) is 0 Å². The van der Waals surface area contributed by atoms with Crippen LogP contribution in [0.15, 0.2) is 30.3 Å². The number of methoxy groups -OCH3 is 1. The van der Waals surface area contributed by atoms with E-state index < -0.39 is 60.5 Å². The Morgan fingerprint density at radius 3 is 1.94 bits per heavy atom. The summed E-state index contributed by atoms with van der Waals surface area (Å²) in [4.78, 5) is 47.0. The Labute approximate surface area is 186 Å². The third kappa shape index (κ3) is 6.76. The van der Waals surface area contributed by atoms with Crippen LogP contribution in [0.2, 0.25) is 0 Å². The lowest BCUT2D eigenvalue weighted by atomic mass is 9.89. The summed E-state index contributed by atoms with van der Waals surface area (Å²) in [6.07, 6.45) is -6.20. The normalized spacial score (nSPS) is 25.8. The second kappa shape index (κ2) is 11.6. The lowest BCUT2D eigenvalue weighted by Gasteiger charge is -2.46. The average molecular weight is 452 g/mol. The van der Waals surface area contributed by atoms with E-state index in [2.05, 4.69) is 0 Å². The van der Waals surface area contributed by atoms with Crippen molar-refractivity contribution in [2.24, 2.45) is 0 Å². The summed E-state index contributed by atoms with van der Waals surface area (Å²) >= 11 is 0. The molecule has 1 aromatic carbocycles. The van der Waals surface area contributed by atoms with Crippen molar-refractivity contribution in [1.82, 2.24) is 0 Å². The van der Waals surface area contributed by atoms with Crippen LogP contribution in [0.4, 0.5) is 0 Å². The third-order valence-corrected chi connectivity index (χ3v) is 4.72. The molecule has 32 heavy (non-hydrogen) atoms.